The van der Waals surface area contributed by atoms with E-state index < -0.39 is 17.6 Å². The molecule has 3 aromatic rings. The minimum Gasteiger partial charge on any atom is -0.350 e. The van der Waals surface area contributed by atoms with E-state index in [1.165, 1.54) is 18.2 Å². The van der Waals surface area contributed by atoms with Gasteiger partial charge in [0.25, 0.3) is 11.8 Å². The first-order valence-corrected chi connectivity index (χ1v) is 9.24. The Hall–Kier alpha value is -3.73. The first-order valence-electron chi connectivity index (χ1n) is 9.24. The van der Waals surface area contributed by atoms with Crippen molar-refractivity contribution in [1.82, 2.24) is 0 Å². The Kier molecular flexibility index (Phi) is 4.72. The SMILES string of the molecule is Cc1ccc(NC2=C(c3ccc(C)cc3)C(=O)N(c3ccccc3F)C2=O)cc1. The number of carbonyl (C=O) groups excluding carboxylic acids is 2. The molecule has 0 unspecified atom stereocenters. The minimum atomic E-state index is -0.631. The molecule has 5 heteroatoms. The molecule has 1 aliphatic rings. The Bertz CT molecular complexity index is 1130. The zero-order valence-corrected chi connectivity index (χ0v) is 16.1. The number of benzene rings is 3. The maximum atomic E-state index is 14.4. The van der Waals surface area contributed by atoms with Gasteiger partial charge in [-0.2, -0.15) is 0 Å². The molecule has 29 heavy (non-hydrogen) atoms. The summed E-state index contributed by atoms with van der Waals surface area (Å²) in [6.07, 6.45) is 0. The molecule has 0 spiro atoms. The lowest BCUT2D eigenvalue weighted by molar-refractivity contribution is -0.120. The van der Waals surface area contributed by atoms with E-state index in [0.717, 1.165) is 16.0 Å². The van der Waals surface area contributed by atoms with Gasteiger partial charge in [-0.15, -0.1) is 0 Å². The standard InChI is InChI=1S/C24H19FN2O2/c1-15-7-11-17(12-8-15)21-22(26-18-13-9-16(2)10-14-18)24(29)27(23(21)28)20-6-4-3-5-19(20)25/h3-14,26H,1-2H3. The molecule has 0 atom stereocenters. The number of nitrogens with zero attached hydrogens (tertiary/aromatic N) is 1. The Morgan fingerprint density at radius 3 is 1.97 bits per heavy atom. The number of hydrogen-bond acceptors (Lipinski definition) is 3. The highest BCUT2D eigenvalue weighted by Gasteiger charge is 2.41. The zero-order chi connectivity index (χ0) is 20.5. The third-order valence-corrected chi connectivity index (χ3v) is 4.84. The van der Waals surface area contributed by atoms with Crippen molar-refractivity contribution in [2.75, 3.05) is 10.2 Å². The van der Waals surface area contributed by atoms with Crippen molar-refractivity contribution in [2.24, 2.45) is 0 Å². The fraction of sp³-hybridized carbons (Fsp3) is 0.0833. The van der Waals surface area contributed by atoms with Gasteiger partial charge in [-0.3, -0.25) is 9.59 Å². The molecule has 0 fully saturated rings. The van der Waals surface area contributed by atoms with E-state index in [4.69, 9.17) is 0 Å². The van der Waals surface area contributed by atoms with Crippen LogP contribution in [0.15, 0.2) is 78.5 Å². The van der Waals surface area contributed by atoms with Crippen molar-refractivity contribution in [3.63, 3.8) is 0 Å². The predicted octanol–water partition coefficient (Wildman–Crippen LogP) is 4.84. The number of para-hydroxylation sites is 1. The molecule has 0 saturated carbocycles. The van der Waals surface area contributed by atoms with Crippen molar-refractivity contribution in [1.29, 1.82) is 0 Å². The molecule has 1 heterocycles. The Labute approximate surface area is 168 Å². The summed E-state index contributed by atoms with van der Waals surface area (Å²) in [6.45, 7) is 3.90. The maximum absolute atomic E-state index is 14.4. The van der Waals surface area contributed by atoms with E-state index in [0.29, 0.717) is 11.3 Å². The second kappa shape index (κ2) is 7.36. The molecule has 1 N–H and O–H groups in total. The summed E-state index contributed by atoms with van der Waals surface area (Å²) < 4.78 is 14.4. The van der Waals surface area contributed by atoms with Crippen LogP contribution in [0, 0.1) is 19.7 Å². The van der Waals surface area contributed by atoms with E-state index in [-0.39, 0.29) is 17.0 Å². The number of nitrogens with one attached hydrogen (secondary N) is 1. The molecule has 1 aliphatic heterocycles. The van der Waals surface area contributed by atoms with Gasteiger partial charge >= 0.3 is 0 Å². The number of amides is 2. The lowest BCUT2D eigenvalue weighted by Gasteiger charge is -2.16. The molecule has 2 amide bonds. The molecule has 0 saturated heterocycles. The van der Waals surface area contributed by atoms with E-state index in [2.05, 4.69) is 5.32 Å². The number of aryl methyl sites for hydroxylation is 2. The van der Waals surface area contributed by atoms with Gasteiger partial charge in [0.05, 0.1) is 11.3 Å². The van der Waals surface area contributed by atoms with Gasteiger partial charge in [0.1, 0.15) is 11.5 Å². The number of anilines is 2. The van der Waals surface area contributed by atoms with Crippen molar-refractivity contribution in [2.45, 2.75) is 13.8 Å². The largest absolute Gasteiger partial charge is 0.350 e. The van der Waals surface area contributed by atoms with Gasteiger partial charge in [0.2, 0.25) is 0 Å². The van der Waals surface area contributed by atoms with Crippen LogP contribution >= 0.6 is 0 Å². The van der Waals surface area contributed by atoms with Crippen molar-refractivity contribution >= 4 is 28.8 Å². The third-order valence-electron chi connectivity index (χ3n) is 4.84. The van der Waals surface area contributed by atoms with Gasteiger partial charge in [0, 0.05) is 5.69 Å². The van der Waals surface area contributed by atoms with Gasteiger partial charge in [-0.25, -0.2) is 9.29 Å². The van der Waals surface area contributed by atoms with Crippen LogP contribution in [0.4, 0.5) is 15.8 Å². The molecular formula is C24H19FN2O2. The quantitative estimate of drug-likeness (QED) is 0.653. The molecule has 0 aromatic heterocycles. The minimum absolute atomic E-state index is 0.0622. The maximum Gasteiger partial charge on any atom is 0.282 e. The summed E-state index contributed by atoms with van der Waals surface area (Å²) in [6, 6.07) is 20.6. The van der Waals surface area contributed by atoms with Crippen LogP contribution in [0.25, 0.3) is 5.57 Å². The number of halogens is 1. The van der Waals surface area contributed by atoms with Gasteiger partial charge in [-0.1, -0.05) is 59.7 Å². The van der Waals surface area contributed by atoms with E-state index >= 15 is 0 Å². The van der Waals surface area contributed by atoms with Gasteiger partial charge < -0.3 is 5.32 Å². The lowest BCUT2D eigenvalue weighted by atomic mass is 10.0. The van der Waals surface area contributed by atoms with E-state index in [9.17, 15) is 14.0 Å². The molecule has 144 valence electrons. The van der Waals surface area contributed by atoms with Crippen LogP contribution in [0.3, 0.4) is 0 Å². The smallest absolute Gasteiger partial charge is 0.282 e. The zero-order valence-electron chi connectivity index (χ0n) is 16.1. The summed E-state index contributed by atoms with van der Waals surface area (Å²) in [4.78, 5) is 27.3. The number of carbonyl (C=O) groups is 2. The number of imide groups is 1. The first-order chi connectivity index (χ1) is 14.0. The van der Waals surface area contributed by atoms with Crippen molar-refractivity contribution in [3.05, 3.63) is 101 Å². The Balaban J connectivity index is 1.83. The average molecular weight is 386 g/mol. The molecule has 0 radical (unpaired) electrons. The fourth-order valence-corrected chi connectivity index (χ4v) is 3.27. The predicted molar refractivity (Wildman–Crippen MR) is 112 cm³/mol. The van der Waals surface area contributed by atoms with E-state index in [1.807, 2.05) is 50.2 Å². The highest BCUT2D eigenvalue weighted by atomic mass is 19.1. The van der Waals surface area contributed by atoms with Crippen LogP contribution in [-0.4, -0.2) is 11.8 Å². The summed E-state index contributed by atoms with van der Waals surface area (Å²) in [5, 5.41) is 3.08. The Morgan fingerprint density at radius 1 is 0.759 bits per heavy atom. The fourth-order valence-electron chi connectivity index (χ4n) is 3.27. The molecule has 0 aliphatic carbocycles. The molecule has 0 bridgehead atoms. The van der Waals surface area contributed by atoms with Crippen LogP contribution in [0.5, 0.6) is 0 Å². The highest BCUT2D eigenvalue weighted by molar-refractivity contribution is 6.46. The van der Waals surface area contributed by atoms with Crippen molar-refractivity contribution < 1.29 is 14.0 Å². The summed E-state index contributed by atoms with van der Waals surface area (Å²) in [7, 11) is 0. The second-order valence-electron chi connectivity index (χ2n) is 7.00. The molecule has 3 aromatic carbocycles. The second-order valence-corrected chi connectivity index (χ2v) is 7.00. The van der Waals surface area contributed by atoms with Crippen LogP contribution in [-0.2, 0) is 9.59 Å². The number of hydrogen-bond donors (Lipinski definition) is 1. The topological polar surface area (TPSA) is 49.4 Å². The first kappa shape index (κ1) is 18.6. The normalized spacial score (nSPS) is 14.0. The summed E-state index contributed by atoms with van der Waals surface area (Å²) in [5.74, 6) is -1.77. The third kappa shape index (κ3) is 3.43. The molecular weight excluding hydrogens is 367 g/mol. The van der Waals surface area contributed by atoms with Gasteiger partial charge in [-0.05, 0) is 43.7 Å². The van der Waals surface area contributed by atoms with Gasteiger partial charge in [0.15, 0.2) is 0 Å². The highest BCUT2D eigenvalue weighted by Crippen LogP contribution is 2.34. The van der Waals surface area contributed by atoms with Crippen LogP contribution < -0.4 is 10.2 Å². The van der Waals surface area contributed by atoms with Crippen molar-refractivity contribution in [3.8, 4) is 0 Å². The summed E-state index contributed by atoms with van der Waals surface area (Å²) in [5.41, 5.74) is 3.67. The van der Waals surface area contributed by atoms with E-state index in [1.54, 1.807) is 18.2 Å². The monoisotopic (exact) mass is 386 g/mol. The molecule has 4 nitrogen and oxygen atoms in total. The number of rotatable bonds is 4. The van der Waals surface area contributed by atoms with Crippen LogP contribution in [0.1, 0.15) is 16.7 Å². The Morgan fingerprint density at radius 2 is 1.34 bits per heavy atom. The lowest BCUT2D eigenvalue weighted by Crippen LogP contribution is -2.33. The average Bonchev–Trinajstić information content (AvgIpc) is 2.95. The van der Waals surface area contributed by atoms with Crippen LogP contribution in [0.2, 0.25) is 0 Å². The molecule has 4 rings (SSSR count). The summed E-state index contributed by atoms with van der Waals surface area (Å²) >= 11 is 0.